The van der Waals surface area contributed by atoms with E-state index in [1.165, 1.54) is 0 Å². The van der Waals surface area contributed by atoms with Crippen molar-refractivity contribution in [2.45, 2.75) is 25.0 Å². The summed E-state index contributed by atoms with van der Waals surface area (Å²) in [7, 11) is 0. The lowest BCUT2D eigenvalue weighted by Gasteiger charge is -2.43. The SMILES string of the molecule is Cl.NCC(O)CN1C[C@H]2C[C@H](C1)c1cccc(=O)n1C2. The number of likely N-dealkylation sites (tertiary alicyclic amines) is 1. The molecule has 1 unspecified atom stereocenters. The molecule has 3 rings (SSSR count). The number of pyridine rings is 1. The van der Waals surface area contributed by atoms with Crippen LogP contribution in [0.1, 0.15) is 18.0 Å². The molecule has 0 saturated carbocycles. The van der Waals surface area contributed by atoms with Gasteiger partial charge >= 0.3 is 0 Å². The van der Waals surface area contributed by atoms with Crippen LogP contribution in [0.2, 0.25) is 0 Å². The van der Waals surface area contributed by atoms with Crippen molar-refractivity contribution in [2.75, 3.05) is 26.2 Å². The second-order valence-electron chi connectivity index (χ2n) is 5.81. The molecule has 2 aliphatic heterocycles. The molecule has 1 aromatic rings. The maximum Gasteiger partial charge on any atom is 0.250 e. The minimum absolute atomic E-state index is 0. The number of halogens is 1. The third-order valence-electron chi connectivity index (χ3n) is 4.30. The van der Waals surface area contributed by atoms with Crippen LogP contribution < -0.4 is 11.3 Å². The third kappa shape index (κ3) is 2.91. The van der Waals surface area contributed by atoms with Crippen LogP contribution in [0.25, 0.3) is 0 Å². The Kier molecular flexibility index (Phi) is 4.86. The summed E-state index contributed by atoms with van der Waals surface area (Å²) in [6.45, 7) is 3.62. The molecular formula is C14H22ClN3O2. The molecule has 3 atom stereocenters. The van der Waals surface area contributed by atoms with Gasteiger partial charge in [0.15, 0.2) is 0 Å². The number of β-amino-alcohol motifs (C(OH)–C–C–N with tert-alkyl or cyclic N) is 1. The van der Waals surface area contributed by atoms with Crippen molar-refractivity contribution in [1.29, 1.82) is 0 Å². The number of aromatic nitrogens is 1. The molecule has 3 heterocycles. The molecule has 3 N–H and O–H groups in total. The molecule has 2 aliphatic rings. The molecule has 6 heteroatoms. The smallest absolute Gasteiger partial charge is 0.250 e. The summed E-state index contributed by atoms with van der Waals surface area (Å²) in [6, 6.07) is 5.55. The minimum Gasteiger partial charge on any atom is -0.390 e. The van der Waals surface area contributed by atoms with E-state index in [0.29, 0.717) is 24.9 Å². The van der Waals surface area contributed by atoms with Crippen LogP contribution in [-0.4, -0.2) is 46.9 Å². The number of aliphatic hydroxyl groups is 1. The van der Waals surface area contributed by atoms with Crippen molar-refractivity contribution in [3.05, 3.63) is 34.2 Å². The van der Waals surface area contributed by atoms with Gasteiger partial charge in [0.2, 0.25) is 0 Å². The Morgan fingerprint density at radius 2 is 2.15 bits per heavy atom. The van der Waals surface area contributed by atoms with Crippen molar-refractivity contribution in [2.24, 2.45) is 11.7 Å². The van der Waals surface area contributed by atoms with Crippen molar-refractivity contribution in [3.63, 3.8) is 0 Å². The van der Waals surface area contributed by atoms with E-state index >= 15 is 0 Å². The van der Waals surface area contributed by atoms with E-state index in [4.69, 9.17) is 5.73 Å². The summed E-state index contributed by atoms with van der Waals surface area (Å²) in [4.78, 5) is 14.2. The van der Waals surface area contributed by atoms with Crippen LogP contribution in [0.3, 0.4) is 0 Å². The van der Waals surface area contributed by atoms with Crippen molar-refractivity contribution in [3.8, 4) is 0 Å². The second kappa shape index (κ2) is 6.26. The highest BCUT2D eigenvalue weighted by Crippen LogP contribution is 2.34. The fourth-order valence-corrected chi connectivity index (χ4v) is 3.52. The summed E-state index contributed by atoms with van der Waals surface area (Å²) in [5.74, 6) is 0.919. The normalized spacial score (nSPS) is 26.5. The van der Waals surface area contributed by atoms with Gasteiger partial charge in [-0.25, -0.2) is 0 Å². The zero-order valence-corrected chi connectivity index (χ0v) is 12.3. The Bertz CT molecular complexity index is 519. The Hall–Kier alpha value is -0.880. The predicted molar refractivity (Wildman–Crippen MR) is 80.3 cm³/mol. The molecule has 1 fully saturated rings. The molecule has 2 bridgehead atoms. The lowest BCUT2D eigenvalue weighted by Crippen LogP contribution is -2.49. The summed E-state index contributed by atoms with van der Waals surface area (Å²) in [5.41, 5.74) is 6.74. The first-order chi connectivity index (χ1) is 9.17. The zero-order chi connectivity index (χ0) is 13.4. The van der Waals surface area contributed by atoms with Crippen LogP contribution in [0, 0.1) is 5.92 Å². The average molecular weight is 300 g/mol. The van der Waals surface area contributed by atoms with Gasteiger partial charge in [-0.05, 0) is 18.4 Å². The first-order valence-corrected chi connectivity index (χ1v) is 6.97. The molecule has 0 aromatic carbocycles. The molecule has 0 spiro atoms. The van der Waals surface area contributed by atoms with Crippen molar-refractivity contribution in [1.82, 2.24) is 9.47 Å². The number of nitrogens with two attached hydrogens (primary N) is 1. The summed E-state index contributed by atoms with van der Waals surface area (Å²) in [6.07, 6.45) is 0.704. The molecule has 112 valence electrons. The van der Waals surface area contributed by atoms with Crippen LogP contribution in [0.15, 0.2) is 23.0 Å². The van der Waals surface area contributed by atoms with Crippen LogP contribution in [0.5, 0.6) is 0 Å². The maximum atomic E-state index is 11.9. The van der Waals surface area contributed by atoms with Crippen LogP contribution in [-0.2, 0) is 6.54 Å². The molecule has 1 aromatic heterocycles. The van der Waals surface area contributed by atoms with Crippen LogP contribution in [0.4, 0.5) is 0 Å². The number of rotatable bonds is 3. The van der Waals surface area contributed by atoms with Crippen LogP contribution >= 0.6 is 12.4 Å². The van der Waals surface area contributed by atoms with E-state index in [-0.39, 0.29) is 18.0 Å². The molecule has 0 aliphatic carbocycles. The standard InChI is InChI=1S/C14H21N3O2.ClH/c15-5-12(18)9-16-6-10-4-11(8-16)13-2-1-3-14(19)17(13)7-10;/h1-3,10-12,18H,4-9,15H2;1H/t10-,11-,12?;/m1./s1. The van der Waals surface area contributed by atoms with Gasteiger partial charge < -0.3 is 15.4 Å². The predicted octanol–water partition coefficient (Wildman–Crippen LogP) is 0.00880. The van der Waals surface area contributed by atoms with Crippen molar-refractivity contribution < 1.29 is 5.11 Å². The number of fused-ring (bicyclic) bond motifs is 4. The van der Waals surface area contributed by atoms with Crippen molar-refractivity contribution >= 4 is 12.4 Å². The third-order valence-corrected chi connectivity index (χ3v) is 4.30. The first-order valence-electron chi connectivity index (χ1n) is 6.97. The van der Waals surface area contributed by atoms with Gasteiger partial charge in [-0.1, -0.05) is 6.07 Å². The molecular weight excluding hydrogens is 278 g/mol. The van der Waals surface area contributed by atoms with E-state index in [1.807, 2.05) is 10.6 Å². The number of piperidine rings is 1. The first kappa shape index (κ1) is 15.5. The maximum absolute atomic E-state index is 11.9. The van der Waals surface area contributed by atoms with E-state index < -0.39 is 6.10 Å². The zero-order valence-electron chi connectivity index (χ0n) is 11.4. The fourth-order valence-electron chi connectivity index (χ4n) is 3.52. The summed E-state index contributed by atoms with van der Waals surface area (Å²) >= 11 is 0. The Morgan fingerprint density at radius 3 is 2.90 bits per heavy atom. The van der Waals surface area contributed by atoms with Gasteiger partial charge in [-0.3, -0.25) is 9.69 Å². The fraction of sp³-hybridized carbons (Fsp3) is 0.643. The molecule has 0 amide bonds. The summed E-state index contributed by atoms with van der Waals surface area (Å²) in [5, 5.41) is 9.69. The van der Waals surface area contributed by atoms with E-state index in [2.05, 4.69) is 11.0 Å². The molecule has 0 radical (unpaired) electrons. The Morgan fingerprint density at radius 1 is 1.35 bits per heavy atom. The second-order valence-corrected chi connectivity index (χ2v) is 5.81. The van der Waals surface area contributed by atoms with Gasteiger partial charge in [0.1, 0.15) is 0 Å². The largest absolute Gasteiger partial charge is 0.390 e. The van der Waals surface area contributed by atoms with Gasteiger partial charge in [0.25, 0.3) is 5.56 Å². The van der Waals surface area contributed by atoms with Gasteiger partial charge in [0, 0.05) is 50.4 Å². The molecule has 20 heavy (non-hydrogen) atoms. The quantitative estimate of drug-likeness (QED) is 0.825. The van der Waals surface area contributed by atoms with E-state index in [1.54, 1.807) is 6.07 Å². The highest BCUT2D eigenvalue weighted by atomic mass is 35.5. The number of hydrogen-bond acceptors (Lipinski definition) is 4. The highest BCUT2D eigenvalue weighted by Gasteiger charge is 2.34. The van der Waals surface area contributed by atoms with Gasteiger partial charge in [0.05, 0.1) is 6.10 Å². The number of hydrogen-bond donors (Lipinski definition) is 2. The molecule has 1 saturated heterocycles. The van der Waals surface area contributed by atoms with Gasteiger partial charge in [-0.2, -0.15) is 0 Å². The lowest BCUT2D eigenvalue weighted by atomic mass is 9.83. The number of nitrogens with zero attached hydrogens (tertiary/aromatic N) is 2. The average Bonchev–Trinajstić information content (AvgIpc) is 2.40. The lowest BCUT2D eigenvalue weighted by molar-refractivity contribution is 0.0659. The molecule has 5 nitrogen and oxygen atoms in total. The summed E-state index contributed by atoms with van der Waals surface area (Å²) < 4.78 is 1.93. The van der Waals surface area contributed by atoms with Gasteiger partial charge in [-0.15, -0.1) is 12.4 Å². The van der Waals surface area contributed by atoms with E-state index in [9.17, 15) is 9.90 Å². The monoisotopic (exact) mass is 299 g/mol. The highest BCUT2D eigenvalue weighted by molar-refractivity contribution is 5.85. The number of aliphatic hydroxyl groups excluding tert-OH is 1. The minimum atomic E-state index is -0.447. The van der Waals surface area contributed by atoms with E-state index in [0.717, 1.165) is 31.7 Å². The topological polar surface area (TPSA) is 71.5 Å². The Balaban J connectivity index is 0.00000147. The Labute approximate surface area is 124 Å².